The van der Waals surface area contributed by atoms with Crippen molar-refractivity contribution in [1.82, 2.24) is 4.98 Å². The predicted octanol–water partition coefficient (Wildman–Crippen LogP) is 0.514. The van der Waals surface area contributed by atoms with Gasteiger partial charge in [0, 0.05) is 45.3 Å². The topological polar surface area (TPSA) is 60.6 Å². The summed E-state index contributed by atoms with van der Waals surface area (Å²) in [6.45, 7) is 1.57. The molecule has 5 heteroatoms. The van der Waals surface area contributed by atoms with E-state index in [0.717, 1.165) is 24.6 Å². The SMILES string of the molecule is COC1CN(c2cc(N)ccn2)CC1OC. The van der Waals surface area contributed by atoms with E-state index in [1.807, 2.05) is 6.07 Å². The minimum absolute atomic E-state index is 0.0910. The largest absolute Gasteiger partial charge is 0.399 e. The molecule has 0 bridgehead atoms. The van der Waals surface area contributed by atoms with Crippen LogP contribution in [0.3, 0.4) is 0 Å². The van der Waals surface area contributed by atoms with Crippen LogP contribution in [0.4, 0.5) is 11.5 Å². The first-order valence-electron chi connectivity index (χ1n) is 5.26. The van der Waals surface area contributed by atoms with Crippen LogP contribution in [0.15, 0.2) is 18.3 Å². The summed E-state index contributed by atoms with van der Waals surface area (Å²) in [6, 6.07) is 3.64. The summed E-state index contributed by atoms with van der Waals surface area (Å²) in [7, 11) is 3.40. The molecule has 2 unspecified atom stereocenters. The minimum atomic E-state index is 0.0910. The van der Waals surface area contributed by atoms with Crippen LogP contribution in [0.1, 0.15) is 0 Å². The van der Waals surface area contributed by atoms with Crippen molar-refractivity contribution in [2.24, 2.45) is 0 Å². The fourth-order valence-electron chi connectivity index (χ4n) is 1.99. The summed E-state index contributed by atoms with van der Waals surface area (Å²) in [5, 5.41) is 0. The molecule has 0 radical (unpaired) electrons. The number of aromatic nitrogens is 1. The van der Waals surface area contributed by atoms with E-state index in [-0.39, 0.29) is 12.2 Å². The maximum absolute atomic E-state index is 5.73. The first-order valence-corrected chi connectivity index (χ1v) is 5.26. The van der Waals surface area contributed by atoms with Crippen LogP contribution in [-0.2, 0) is 9.47 Å². The Kier molecular flexibility index (Phi) is 3.26. The number of hydrogen-bond donors (Lipinski definition) is 1. The smallest absolute Gasteiger partial charge is 0.130 e. The molecule has 0 saturated carbocycles. The molecule has 0 amide bonds. The third-order valence-electron chi connectivity index (χ3n) is 2.91. The summed E-state index contributed by atoms with van der Waals surface area (Å²) in [5.41, 5.74) is 6.45. The van der Waals surface area contributed by atoms with Gasteiger partial charge in [-0.25, -0.2) is 4.98 Å². The Morgan fingerprint density at radius 1 is 1.31 bits per heavy atom. The number of rotatable bonds is 3. The highest BCUT2D eigenvalue weighted by Gasteiger charge is 2.33. The van der Waals surface area contributed by atoms with E-state index in [9.17, 15) is 0 Å². The van der Waals surface area contributed by atoms with Gasteiger partial charge in [0.1, 0.15) is 18.0 Å². The second-order valence-corrected chi connectivity index (χ2v) is 3.90. The molecule has 2 heterocycles. The Labute approximate surface area is 95.2 Å². The molecule has 1 aromatic heterocycles. The van der Waals surface area contributed by atoms with Crippen LogP contribution in [0.25, 0.3) is 0 Å². The lowest BCUT2D eigenvalue weighted by molar-refractivity contribution is -0.00461. The van der Waals surface area contributed by atoms with Gasteiger partial charge in [0.2, 0.25) is 0 Å². The van der Waals surface area contributed by atoms with Crippen molar-refractivity contribution in [3.8, 4) is 0 Å². The van der Waals surface area contributed by atoms with Gasteiger partial charge in [-0.2, -0.15) is 0 Å². The standard InChI is InChI=1S/C11H17N3O2/c1-15-9-6-14(7-10(9)16-2)11-5-8(12)3-4-13-11/h3-5,9-10H,6-7H2,1-2H3,(H2,12,13). The van der Waals surface area contributed by atoms with Gasteiger partial charge in [0.25, 0.3) is 0 Å². The Morgan fingerprint density at radius 2 is 1.94 bits per heavy atom. The number of pyridine rings is 1. The fourth-order valence-corrected chi connectivity index (χ4v) is 1.99. The van der Waals surface area contributed by atoms with E-state index in [1.54, 1.807) is 26.5 Å². The average molecular weight is 223 g/mol. The molecule has 2 atom stereocenters. The molecule has 0 spiro atoms. The van der Waals surface area contributed by atoms with Gasteiger partial charge in [-0.05, 0) is 6.07 Å². The summed E-state index contributed by atoms with van der Waals surface area (Å²) >= 11 is 0. The van der Waals surface area contributed by atoms with Gasteiger partial charge in [-0.1, -0.05) is 0 Å². The number of nitrogens with two attached hydrogens (primary N) is 1. The highest BCUT2D eigenvalue weighted by atomic mass is 16.5. The first kappa shape index (κ1) is 11.2. The molecule has 5 nitrogen and oxygen atoms in total. The van der Waals surface area contributed by atoms with Crippen LogP contribution in [0.5, 0.6) is 0 Å². The number of ether oxygens (including phenoxy) is 2. The second-order valence-electron chi connectivity index (χ2n) is 3.90. The zero-order valence-corrected chi connectivity index (χ0v) is 9.59. The molecule has 0 aromatic carbocycles. The molecule has 1 aliphatic rings. The Bertz CT molecular complexity index is 347. The summed E-state index contributed by atoms with van der Waals surface area (Å²) < 4.78 is 10.7. The lowest BCUT2D eigenvalue weighted by Gasteiger charge is -2.16. The zero-order valence-electron chi connectivity index (χ0n) is 9.59. The van der Waals surface area contributed by atoms with E-state index < -0.39 is 0 Å². The third-order valence-corrected chi connectivity index (χ3v) is 2.91. The van der Waals surface area contributed by atoms with Crippen molar-refractivity contribution < 1.29 is 9.47 Å². The van der Waals surface area contributed by atoms with Crippen LogP contribution in [0.2, 0.25) is 0 Å². The Morgan fingerprint density at radius 3 is 2.44 bits per heavy atom. The number of nitrogens with zero attached hydrogens (tertiary/aromatic N) is 2. The molecule has 16 heavy (non-hydrogen) atoms. The van der Waals surface area contributed by atoms with Gasteiger partial charge in [-0.15, -0.1) is 0 Å². The van der Waals surface area contributed by atoms with Gasteiger partial charge < -0.3 is 20.1 Å². The Hall–Kier alpha value is -1.33. The quantitative estimate of drug-likeness (QED) is 0.809. The van der Waals surface area contributed by atoms with E-state index in [4.69, 9.17) is 15.2 Å². The van der Waals surface area contributed by atoms with Gasteiger partial charge in [0.15, 0.2) is 0 Å². The van der Waals surface area contributed by atoms with Crippen LogP contribution >= 0.6 is 0 Å². The van der Waals surface area contributed by atoms with Crippen molar-refractivity contribution in [2.75, 3.05) is 37.9 Å². The molecule has 1 aliphatic heterocycles. The zero-order chi connectivity index (χ0) is 11.5. The van der Waals surface area contributed by atoms with Crippen molar-refractivity contribution in [1.29, 1.82) is 0 Å². The van der Waals surface area contributed by atoms with Gasteiger partial charge in [0.05, 0.1) is 0 Å². The van der Waals surface area contributed by atoms with Crippen LogP contribution in [-0.4, -0.2) is 44.5 Å². The van der Waals surface area contributed by atoms with E-state index in [2.05, 4.69) is 9.88 Å². The number of methoxy groups -OCH3 is 2. The lowest BCUT2D eigenvalue weighted by Crippen LogP contribution is -2.27. The van der Waals surface area contributed by atoms with Gasteiger partial charge in [-0.3, -0.25) is 0 Å². The van der Waals surface area contributed by atoms with E-state index in [0.29, 0.717) is 0 Å². The lowest BCUT2D eigenvalue weighted by atomic mass is 10.3. The maximum Gasteiger partial charge on any atom is 0.130 e. The first-order chi connectivity index (χ1) is 7.74. The monoisotopic (exact) mass is 223 g/mol. The fraction of sp³-hybridized carbons (Fsp3) is 0.545. The molecule has 1 aromatic rings. The average Bonchev–Trinajstić information content (AvgIpc) is 2.72. The molecular formula is C11H17N3O2. The van der Waals surface area contributed by atoms with E-state index >= 15 is 0 Å². The minimum Gasteiger partial charge on any atom is -0.399 e. The summed E-state index contributed by atoms with van der Waals surface area (Å²) in [5.74, 6) is 0.876. The Balaban J connectivity index is 2.12. The van der Waals surface area contributed by atoms with Crippen LogP contribution in [0, 0.1) is 0 Å². The van der Waals surface area contributed by atoms with Crippen LogP contribution < -0.4 is 10.6 Å². The molecule has 1 saturated heterocycles. The number of hydrogen-bond acceptors (Lipinski definition) is 5. The highest BCUT2D eigenvalue weighted by molar-refractivity contribution is 5.51. The summed E-state index contributed by atoms with van der Waals surface area (Å²) in [4.78, 5) is 6.42. The molecule has 2 N–H and O–H groups in total. The maximum atomic E-state index is 5.73. The van der Waals surface area contributed by atoms with Crippen molar-refractivity contribution in [3.05, 3.63) is 18.3 Å². The molecular weight excluding hydrogens is 206 g/mol. The second kappa shape index (κ2) is 4.67. The van der Waals surface area contributed by atoms with E-state index in [1.165, 1.54) is 0 Å². The normalized spacial score (nSPS) is 25.0. The number of nitrogen functional groups attached to an aromatic ring is 1. The molecule has 2 rings (SSSR count). The predicted molar refractivity (Wildman–Crippen MR) is 62.5 cm³/mol. The molecule has 88 valence electrons. The number of anilines is 2. The molecule has 0 aliphatic carbocycles. The van der Waals surface area contributed by atoms with Crippen molar-refractivity contribution in [2.45, 2.75) is 12.2 Å². The van der Waals surface area contributed by atoms with Crippen molar-refractivity contribution in [3.63, 3.8) is 0 Å². The van der Waals surface area contributed by atoms with Crippen molar-refractivity contribution >= 4 is 11.5 Å². The molecule has 1 fully saturated rings. The summed E-state index contributed by atoms with van der Waals surface area (Å²) in [6.07, 6.45) is 1.90. The third kappa shape index (κ3) is 2.10. The highest BCUT2D eigenvalue weighted by Crippen LogP contribution is 2.22. The van der Waals surface area contributed by atoms with Gasteiger partial charge >= 0.3 is 0 Å².